The molecule has 0 amide bonds. The molecule has 0 bridgehead atoms. The van der Waals surface area contributed by atoms with Crippen molar-refractivity contribution in [2.24, 2.45) is 4.99 Å². The molecule has 0 aliphatic carbocycles. The van der Waals surface area contributed by atoms with Crippen LogP contribution in [0.1, 0.15) is 25.5 Å². The summed E-state index contributed by atoms with van der Waals surface area (Å²) in [5.74, 6) is 0.874. The van der Waals surface area contributed by atoms with Crippen LogP contribution in [0.2, 0.25) is 5.02 Å². The summed E-state index contributed by atoms with van der Waals surface area (Å²) in [6, 6.07) is 8.29. The highest BCUT2D eigenvalue weighted by molar-refractivity contribution is 6.31. The average Bonchev–Trinajstić information content (AvgIpc) is 2.47. The van der Waals surface area contributed by atoms with E-state index in [9.17, 15) is 0 Å². The third kappa shape index (κ3) is 4.90. The molecule has 0 aliphatic rings. The van der Waals surface area contributed by atoms with Crippen molar-refractivity contribution in [2.75, 3.05) is 40.8 Å². The summed E-state index contributed by atoms with van der Waals surface area (Å²) >= 11 is 6.39. The van der Waals surface area contributed by atoms with Gasteiger partial charge in [0.1, 0.15) is 0 Å². The number of rotatable bonds is 6. The first-order valence-corrected chi connectivity index (χ1v) is 7.79. The number of aliphatic imine (C=N–C) groups is 1. The lowest BCUT2D eigenvalue weighted by atomic mass is 10.0. The highest BCUT2D eigenvalue weighted by Crippen LogP contribution is 2.26. The van der Waals surface area contributed by atoms with Crippen LogP contribution in [0.4, 0.5) is 0 Å². The summed E-state index contributed by atoms with van der Waals surface area (Å²) < 4.78 is 0. The Balaban J connectivity index is 2.96. The second-order valence-electron chi connectivity index (χ2n) is 5.08. The Morgan fingerprint density at radius 3 is 2.33 bits per heavy atom. The van der Waals surface area contributed by atoms with Crippen molar-refractivity contribution in [3.63, 3.8) is 0 Å². The lowest BCUT2D eigenvalue weighted by molar-refractivity contribution is 0.218. The van der Waals surface area contributed by atoms with E-state index >= 15 is 0 Å². The highest BCUT2D eigenvalue weighted by Gasteiger charge is 2.20. The minimum absolute atomic E-state index is 0.227. The zero-order valence-electron chi connectivity index (χ0n) is 13.7. The van der Waals surface area contributed by atoms with Crippen molar-refractivity contribution < 1.29 is 0 Å². The number of benzene rings is 1. The molecule has 1 atom stereocenters. The smallest absolute Gasteiger partial charge is 0.193 e. The van der Waals surface area contributed by atoms with Crippen molar-refractivity contribution in [1.82, 2.24) is 15.1 Å². The quantitative estimate of drug-likeness (QED) is 0.647. The zero-order valence-corrected chi connectivity index (χ0v) is 14.5. The summed E-state index contributed by atoms with van der Waals surface area (Å²) in [4.78, 5) is 8.64. The van der Waals surface area contributed by atoms with E-state index in [-0.39, 0.29) is 6.04 Å². The summed E-state index contributed by atoms with van der Waals surface area (Å²) in [6.45, 7) is 7.09. The molecule has 21 heavy (non-hydrogen) atoms. The molecule has 0 spiro atoms. The van der Waals surface area contributed by atoms with E-state index in [1.54, 1.807) is 7.05 Å². The van der Waals surface area contributed by atoms with Crippen LogP contribution in [-0.4, -0.2) is 56.5 Å². The largest absolute Gasteiger partial charge is 0.354 e. The van der Waals surface area contributed by atoms with Crippen LogP contribution >= 0.6 is 11.6 Å². The van der Waals surface area contributed by atoms with Gasteiger partial charge in [0.15, 0.2) is 5.96 Å². The fourth-order valence-electron chi connectivity index (χ4n) is 2.47. The summed E-state index contributed by atoms with van der Waals surface area (Å²) in [7, 11) is 5.76. The van der Waals surface area contributed by atoms with Crippen LogP contribution < -0.4 is 5.32 Å². The van der Waals surface area contributed by atoms with E-state index in [4.69, 9.17) is 11.6 Å². The van der Waals surface area contributed by atoms with E-state index < -0.39 is 0 Å². The maximum absolute atomic E-state index is 6.39. The monoisotopic (exact) mass is 310 g/mol. The van der Waals surface area contributed by atoms with Gasteiger partial charge in [-0.25, -0.2) is 0 Å². The Hall–Kier alpha value is -1.26. The topological polar surface area (TPSA) is 30.9 Å². The summed E-state index contributed by atoms with van der Waals surface area (Å²) in [6.07, 6.45) is 0. The zero-order chi connectivity index (χ0) is 15.8. The normalized spacial score (nSPS) is 13.4. The van der Waals surface area contributed by atoms with Gasteiger partial charge in [-0.2, -0.15) is 0 Å². The molecule has 1 unspecified atom stereocenters. The number of hydrogen-bond donors (Lipinski definition) is 1. The van der Waals surface area contributed by atoms with Crippen molar-refractivity contribution >= 4 is 17.6 Å². The molecule has 1 rings (SSSR count). The molecule has 0 fully saturated rings. The van der Waals surface area contributed by atoms with Gasteiger partial charge in [-0.1, -0.05) is 43.6 Å². The molecule has 1 aromatic carbocycles. The molecule has 0 saturated carbocycles. The number of likely N-dealkylation sites (N-methyl/N-ethyl adjacent to an activating group) is 1. The Morgan fingerprint density at radius 2 is 1.86 bits per heavy atom. The molecule has 0 saturated heterocycles. The van der Waals surface area contributed by atoms with E-state index in [2.05, 4.69) is 35.1 Å². The fourth-order valence-corrected chi connectivity index (χ4v) is 2.73. The van der Waals surface area contributed by atoms with Crippen molar-refractivity contribution in [1.29, 1.82) is 0 Å². The maximum atomic E-state index is 6.39. The van der Waals surface area contributed by atoms with Gasteiger partial charge >= 0.3 is 0 Å². The molecule has 0 aliphatic heterocycles. The Bertz CT molecular complexity index is 455. The molecular weight excluding hydrogens is 284 g/mol. The molecule has 0 heterocycles. The van der Waals surface area contributed by atoms with E-state index in [0.717, 1.165) is 36.2 Å². The standard InChI is InChI=1S/C16H27ClN4/c1-6-21(7-2)15(12-19-16(18-3)20(4)5)13-10-8-9-11-14(13)17/h8-11,15H,6-7,12H2,1-5H3,(H,18,19). The number of hydrogen-bond acceptors (Lipinski definition) is 2. The fraction of sp³-hybridized carbons (Fsp3) is 0.562. The van der Waals surface area contributed by atoms with Crippen molar-refractivity contribution in [3.05, 3.63) is 34.9 Å². The number of nitrogens with zero attached hydrogens (tertiary/aromatic N) is 3. The molecule has 1 aromatic rings. The predicted octanol–water partition coefficient (Wildman–Crippen LogP) is 2.86. The number of guanidine groups is 1. The van der Waals surface area contributed by atoms with Gasteiger partial charge in [-0.15, -0.1) is 0 Å². The Morgan fingerprint density at radius 1 is 1.24 bits per heavy atom. The average molecular weight is 311 g/mol. The van der Waals surface area contributed by atoms with Crippen LogP contribution in [0.15, 0.2) is 29.3 Å². The molecule has 5 heteroatoms. The van der Waals surface area contributed by atoms with E-state index in [0.29, 0.717) is 0 Å². The third-order valence-electron chi connectivity index (χ3n) is 3.61. The van der Waals surface area contributed by atoms with Gasteiger partial charge in [-0.3, -0.25) is 9.89 Å². The second kappa shape index (κ2) is 8.90. The summed E-state index contributed by atoms with van der Waals surface area (Å²) in [5.41, 5.74) is 1.16. The highest BCUT2D eigenvalue weighted by atomic mass is 35.5. The van der Waals surface area contributed by atoms with Gasteiger partial charge in [0, 0.05) is 32.7 Å². The molecule has 118 valence electrons. The first kappa shape index (κ1) is 17.8. The predicted molar refractivity (Wildman–Crippen MR) is 92.2 cm³/mol. The van der Waals surface area contributed by atoms with E-state index in [1.807, 2.05) is 37.2 Å². The second-order valence-corrected chi connectivity index (χ2v) is 5.49. The Kier molecular flexibility index (Phi) is 7.54. The van der Waals surface area contributed by atoms with Gasteiger partial charge in [0.05, 0.1) is 6.04 Å². The lowest BCUT2D eigenvalue weighted by Crippen LogP contribution is -2.42. The maximum Gasteiger partial charge on any atom is 0.193 e. The van der Waals surface area contributed by atoms with Gasteiger partial charge in [-0.05, 0) is 24.7 Å². The third-order valence-corrected chi connectivity index (χ3v) is 3.95. The first-order chi connectivity index (χ1) is 10.0. The van der Waals surface area contributed by atoms with Crippen molar-refractivity contribution in [2.45, 2.75) is 19.9 Å². The van der Waals surface area contributed by atoms with Gasteiger partial charge in [0.25, 0.3) is 0 Å². The minimum atomic E-state index is 0.227. The SMILES string of the molecule is CCN(CC)C(CNC(=NC)N(C)C)c1ccccc1Cl. The lowest BCUT2D eigenvalue weighted by Gasteiger charge is -2.32. The Labute approximate surface area is 133 Å². The van der Waals surface area contributed by atoms with Crippen LogP contribution in [0.25, 0.3) is 0 Å². The van der Waals surface area contributed by atoms with Crippen LogP contribution in [-0.2, 0) is 0 Å². The molecule has 1 N–H and O–H groups in total. The van der Waals surface area contributed by atoms with Gasteiger partial charge in [0.2, 0.25) is 0 Å². The minimum Gasteiger partial charge on any atom is -0.354 e. The van der Waals surface area contributed by atoms with Crippen LogP contribution in [0.5, 0.6) is 0 Å². The van der Waals surface area contributed by atoms with Crippen molar-refractivity contribution in [3.8, 4) is 0 Å². The molecule has 0 aromatic heterocycles. The molecular formula is C16H27ClN4. The molecule has 4 nitrogen and oxygen atoms in total. The number of nitrogens with one attached hydrogen (secondary N) is 1. The first-order valence-electron chi connectivity index (χ1n) is 7.41. The summed E-state index contributed by atoms with van der Waals surface area (Å²) in [5, 5.41) is 4.24. The molecule has 0 radical (unpaired) electrons. The van der Waals surface area contributed by atoms with Crippen LogP contribution in [0, 0.1) is 0 Å². The number of halogens is 1. The van der Waals surface area contributed by atoms with Crippen LogP contribution in [0.3, 0.4) is 0 Å². The van der Waals surface area contributed by atoms with Gasteiger partial charge < -0.3 is 10.2 Å². The van der Waals surface area contributed by atoms with E-state index in [1.165, 1.54) is 0 Å².